The minimum atomic E-state index is -1.79. The average Bonchev–Trinajstić information content (AvgIpc) is 3.16. The molecule has 0 aliphatic rings. The van der Waals surface area contributed by atoms with Crippen LogP contribution in [0.1, 0.15) is 58.4 Å². The number of aromatic nitrogens is 2. The highest BCUT2D eigenvalue weighted by molar-refractivity contribution is 7.53. The summed E-state index contributed by atoms with van der Waals surface area (Å²) in [6.07, 6.45) is 13.6. The monoisotopic (exact) mass is 362 g/mol. The van der Waals surface area contributed by atoms with E-state index in [9.17, 15) is 4.57 Å². The van der Waals surface area contributed by atoms with Gasteiger partial charge in [-0.25, -0.2) is 4.98 Å². The summed E-state index contributed by atoms with van der Waals surface area (Å²) in [6.45, 7) is 4.82. The van der Waals surface area contributed by atoms with Crippen molar-refractivity contribution in [2.24, 2.45) is 0 Å². The molecular formula is C20H31N2O2P. The van der Waals surface area contributed by atoms with Gasteiger partial charge in [-0.1, -0.05) is 44.7 Å². The maximum atomic E-state index is 12.8. The van der Waals surface area contributed by atoms with E-state index in [1.807, 2.05) is 49.9 Å². The van der Waals surface area contributed by atoms with Crippen molar-refractivity contribution in [3.05, 3.63) is 43.0 Å². The molecule has 0 aliphatic heterocycles. The molecule has 0 spiro atoms. The van der Waals surface area contributed by atoms with Gasteiger partial charge < -0.3 is 13.9 Å². The van der Waals surface area contributed by atoms with E-state index < -0.39 is 7.80 Å². The van der Waals surface area contributed by atoms with Crippen LogP contribution in [0.2, 0.25) is 0 Å². The summed E-state index contributed by atoms with van der Waals surface area (Å²) in [4.78, 5) is 4.18. The summed E-state index contributed by atoms with van der Waals surface area (Å²) in [5.41, 5.74) is 0. The maximum Gasteiger partial charge on any atom is 0.120 e. The third-order valence-corrected chi connectivity index (χ3v) is 6.21. The number of hydrogen-bond acceptors (Lipinski definition) is 3. The molecule has 4 nitrogen and oxygen atoms in total. The van der Waals surface area contributed by atoms with Crippen molar-refractivity contribution in [3.63, 3.8) is 0 Å². The second-order valence-corrected chi connectivity index (χ2v) is 8.36. The highest BCUT2D eigenvalue weighted by atomic mass is 31.1. The number of hydrogen-bond donors (Lipinski definition) is 0. The van der Waals surface area contributed by atoms with E-state index in [1.165, 1.54) is 25.7 Å². The zero-order chi connectivity index (χ0) is 17.9. The molecule has 25 heavy (non-hydrogen) atoms. The SMILES string of the molecule is CCCCCCC(CC[PH](=O)c1cccc(OCC)c1)n1ccnc1. The van der Waals surface area contributed by atoms with Gasteiger partial charge in [0.15, 0.2) is 0 Å². The molecule has 138 valence electrons. The van der Waals surface area contributed by atoms with Crippen molar-refractivity contribution < 1.29 is 9.30 Å². The Balaban J connectivity index is 1.92. The predicted molar refractivity (Wildman–Crippen MR) is 106 cm³/mol. The van der Waals surface area contributed by atoms with Gasteiger partial charge in [-0.05, 0) is 31.9 Å². The van der Waals surface area contributed by atoms with Crippen molar-refractivity contribution >= 4 is 13.1 Å². The first-order valence-electron chi connectivity index (χ1n) is 9.48. The molecule has 5 heteroatoms. The molecule has 0 radical (unpaired) electrons. The number of imidazole rings is 1. The molecule has 2 aromatic rings. The summed E-state index contributed by atoms with van der Waals surface area (Å²) < 4.78 is 20.5. The van der Waals surface area contributed by atoms with Gasteiger partial charge in [-0.15, -0.1) is 0 Å². The molecule has 2 rings (SSSR count). The van der Waals surface area contributed by atoms with Crippen molar-refractivity contribution in [2.45, 2.75) is 58.4 Å². The summed E-state index contributed by atoms with van der Waals surface area (Å²) >= 11 is 0. The number of benzene rings is 1. The van der Waals surface area contributed by atoms with Gasteiger partial charge in [0.1, 0.15) is 13.6 Å². The highest BCUT2D eigenvalue weighted by Gasteiger charge is 2.13. The fraction of sp³-hybridized carbons (Fsp3) is 0.550. The Kier molecular flexibility index (Phi) is 8.82. The molecule has 2 unspecified atom stereocenters. The van der Waals surface area contributed by atoms with E-state index in [-0.39, 0.29) is 0 Å². The topological polar surface area (TPSA) is 44.1 Å². The highest BCUT2D eigenvalue weighted by Crippen LogP contribution is 2.29. The van der Waals surface area contributed by atoms with E-state index >= 15 is 0 Å². The molecule has 2 atom stereocenters. The predicted octanol–water partition coefficient (Wildman–Crippen LogP) is 5.07. The molecule has 0 N–H and O–H groups in total. The summed E-state index contributed by atoms with van der Waals surface area (Å²) in [7, 11) is -1.79. The first-order chi connectivity index (χ1) is 12.2. The zero-order valence-electron chi connectivity index (χ0n) is 15.5. The van der Waals surface area contributed by atoms with Crippen LogP contribution in [0.3, 0.4) is 0 Å². The van der Waals surface area contributed by atoms with Crippen LogP contribution in [-0.4, -0.2) is 22.3 Å². The number of ether oxygens (including phenoxy) is 1. The summed E-state index contributed by atoms with van der Waals surface area (Å²) in [5.74, 6) is 0.809. The van der Waals surface area contributed by atoms with Gasteiger partial charge in [0, 0.05) is 29.9 Å². The third-order valence-electron chi connectivity index (χ3n) is 4.51. The number of nitrogens with zero attached hydrogens (tertiary/aromatic N) is 2. The lowest BCUT2D eigenvalue weighted by Crippen LogP contribution is -2.10. The van der Waals surface area contributed by atoms with Crippen molar-refractivity contribution in [1.82, 2.24) is 9.55 Å². The molecule has 0 saturated carbocycles. The molecule has 0 bridgehead atoms. The number of rotatable bonds is 12. The maximum absolute atomic E-state index is 12.8. The summed E-state index contributed by atoms with van der Waals surface area (Å²) in [6, 6.07) is 8.13. The molecule has 0 saturated heterocycles. The minimum absolute atomic E-state index is 0.392. The van der Waals surface area contributed by atoms with E-state index in [0.29, 0.717) is 12.6 Å². The van der Waals surface area contributed by atoms with Crippen LogP contribution < -0.4 is 10.0 Å². The van der Waals surface area contributed by atoms with Gasteiger partial charge >= 0.3 is 0 Å². The first kappa shape index (κ1) is 19.8. The summed E-state index contributed by atoms with van der Waals surface area (Å²) in [5, 5.41) is 0.923. The van der Waals surface area contributed by atoms with E-state index in [0.717, 1.165) is 30.1 Å². The fourth-order valence-electron chi connectivity index (χ4n) is 3.10. The van der Waals surface area contributed by atoms with Crippen LogP contribution in [0.4, 0.5) is 0 Å². The van der Waals surface area contributed by atoms with Crippen LogP contribution in [0, 0.1) is 0 Å². The Hall–Kier alpha value is -1.54. The van der Waals surface area contributed by atoms with Gasteiger partial charge in [-0.3, -0.25) is 0 Å². The first-order valence-corrected chi connectivity index (χ1v) is 11.1. The van der Waals surface area contributed by atoms with Crippen molar-refractivity contribution in [1.29, 1.82) is 0 Å². The Bertz CT molecular complexity index is 628. The molecular weight excluding hydrogens is 331 g/mol. The Labute approximate surface area is 152 Å². The molecule has 0 amide bonds. The lowest BCUT2D eigenvalue weighted by molar-refractivity contribution is 0.340. The molecule has 0 fully saturated rings. The van der Waals surface area contributed by atoms with Crippen LogP contribution >= 0.6 is 7.80 Å². The van der Waals surface area contributed by atoms with Gasteiger partial charge in [0.05, 0.1) is 12.9 Å². The lowest BCUT2D eigenvalue weighted by Gasteiger charge is -2.18. The standard InChI is InChI=1S/C20H31N2O2P/c1-3-5-6-7-9-18(22-14-13-21-17-22)12-15-25(23)20-11-8-10-19(16-20)24-4-2/h8,10-11,13-14,16-18,25H,3-7,9,12,15H2,1-2H3. The smallest absolute Gasteiger partial charge is 0.120 e. The fourth-order valence-corrected chi connectivity index (χ4v) is 4.57. The normalized spacial score (nSPS) is 13.5. The van der Waals surface area contributed by atoms with Crippen molar-refractivity contribution in [3.8, 4) is 5.75 Å². The molecule has 1 aromatic heterocycles. The van der Waals surface area contributed by atoms with Crippen molar-refractivity contribution in [2.75, 3.05) is 12.8 Å². The van der Waals surface area contributed by atoms with Crippen LogP contribution in [0.15, 0.2) is 43.0 Å². The van der Waals surface area contributed by atoms with E-state index in [2.05, 4.69) is 16.5 Å². The van der Waals surface area contributed by atoms with Crippen LogP contribution in [0.5, 0.6) is 5.75 Å². The Morgan fingerprint density at radius 2 is 2.08 bits per heavy atom. The van der Waals surface area contributed by atoms with Crippen LogP contribution in [0.25, 0.3) is 0 Å². The second kappa shape index (κ2) is 11.1. The number of unbranched alkanes of at least 4 members (excludes halogenated alkanes) is 3. The average molecular weight is 362 g/mol. The third kappa shape index (κ3) is 6.70. The van der Waals surface area contributed by atoms with E-state index in [4.69, 9.17) is 4.74 Å². The Morgan fingerprint density at radius 3 is 2.80 bits per heavy atom. The van der Waals surface area contributed by atoms with Gasteiger partial charge in [-0.2, -0.15) is 0 Å². The Morgan fingerprint density at radius 1 is 1.20 bits per heavy atom. The quantitative estimate of drug-likeness (QED) is 0.391. The second-order valence-electron chi connectivity index (χ2n) is 6.44. The molecule has 1 aromatic carbocycles. The molecule has 0 aliphatic carbocycles. The van der Waals surface area contributed by atoms with Gasteiger partial charge in [0.25, 0.3) is 0 Å². The van der Waals surface area contributed by atoms with E-state index in [1.54, 1.807) is 0 Å². The minimum Gasteiger partial charge on any atom is -0.494 e. The van der Waals surface area contributed by atoms with Gasteiger partial charge in [0.2, 0.25) is 0 Å². The van der Waals surface area contributed by atoms with Crippen LogP contribution in [-0.2, 0) is 4.57 Å². The lowest BCUT2D eigenvalue weighted by atomic mass is 10.1. The molecule has 1 heterocycles. The zero-order valence-corrected chi connectivity index (χ0v) is 16.5. The largest absolute Gasteiger partial charge is 0.494 e.